The number of carbonyl (C=O) groups is 2. The molecule has 0 radical (unpaired) electrons. The molecule has 1 N–H and O–H groups in total. The van der Waals surface area contributed by atoms with Crippen LogP contribution in [0.15, 0.2) is 24.3 Å². The van der Waals surface area contributed by atoms with Crippen LogP contribution >= 0.6 is 0 Å². The van der Waals surface area contributed by atoms with Crippen LogP contribution in [-0.2, 0) is 22.6 Å². The van der Waals surface area contributed by atoms with Crippen LogP contribution in [0.5, 0.6) is 0 Å². The molecule has 0 saturated heterocycles. The second kappa shape index (κ2) is 8.80. The van der Waals surface area contributed by atoms with Gasteiger partial charge >= 0.3 is 5.97 Å². The Morgan fingerprint density at radius 3 is 2.45 bits per heavy atom. The molecule has 156 valence electrons. The van der Waals surface area contributed by atoms with Gasteiger partial charge in [0.05, 0.1) is 18.2 Å². The minimum absolute atomic E-state index is 0.0469. The van der Waals surface area contributed by atoms with Crippen LogP contribution in [0.1, 0.15) is 54.3 Å². The van der Waals surface area contributed by atoms with Gasteiger partial charge in [0.25, 0.3) is 0 Å². The fourth-order valence-electron chi connectivity index (χ4n) is 3.71. The van der Waals surface area contributed by atoms with Crippen LogP contribution in [0.4, 0.5) is 0 Å². The van der Waals surface area contributed by atoms with Gasteiger partial charge < -0.3 is 10.0 Å². The third-order valence-corrected chi connectivity index (χ3v) is 5.77. The predicted molar refractivity (Wildman–Crippen MR) is 112 cm³/mol. The second-order valence-corrected chi connectivity index (χ2v) is 8.31. The summed E-state index contributed by atoms with van der Waals surface area (Å²) in [5, 5.41) is 13.9. The topological polar surface area (TPSA) is 75.4 Å². The van der Waals surface area contributed by atoms with Crippen LogP contribution in [0.3, 0.4) is 0 Å². The zero-order chi connectivity index (χ0) is 21.1. The summed E-state index contributed by atoms with van der Waals surface area (Å²) in [4.78, 5) is 25.8. The van der Waals surface area contributed by atoms with Crippen LogP contribution in [0, 0.1) is 26.7 Å². The molecule has 6 heteroatoms. The molecule has 1 aliphatic carbocycles. The van der Waals surface area contributed by atoms with E-state index in [-0.39, 0.29) is 11.9 Å². The van der Waals surface area contributed by atoms with Crippen molar-refractivity contribution in [3.63, 3.8) is 0 Å². The van der Waals surface area contributed by atoms with Gasteiger partial charge in [-0.15, -0.1) is 0 Å². The Hall–Kier alpha value is -2.63. The van der Waals surface area contributed by atoms with E-state index in [9.17, 15) is 14.7 Å². The first-order valence-electron chi connectivity index (χ1n) is 10.4. The first-order valence-corrected chi connectivity index (χ1v) is 10.4. The van der Waals surface area contributed by atoms with Gasteiger partial charge in [-0.3, -0.25) is 14.3 Å². The summed E-state index contributed by atoms with van der Waals surface area (Å²) in [6, 6.07) is 8.66. The summed E-state index contributed by atoms with van der Waals surface area (Å²) in [6.45, 7) is 8.79. The monoisotopic (exact) mass is 397 g/mol. The molecular weight excluding hydrogens is 366 g/mol. The van der Waals surface area contributed by atoms with E-state index in [2.05, 4.69) is 43.2 Å². The minimum atomic E-state index is -0.854. The maximum absolute atomic E-state index is 12.8. The van der Waals surface area contributed by atoms with Gasteiger partial charge in [-0.05, 0) is 51.2 Å². The van der Waals surface area contributed by atoms with Gasteiger partial charge in [0.2, 0.25) is 5.91 Å². The highest BCUT2D eigenvalue weighted by atomic mass is 16.4. The Balaban J connectivity index is 1.65. The van der Waals surface area contributed by atoms with Crippen molar-refractivity contribution in [2.45, 2.75) is 66.0 Å². The number of benzene rings is 1. The van der Waals surface area contributed by atoms with E-state index in [4.69, 9.17) is 0 Å². The van der Waals surface area contributed by atoms with Crippen LogP contribution in [0.25, 0.3) is 0 Å². The van der Waals surface area contributed by atoms with Gasteiger partial charge in [0, 0.05) is 24.7 Å². The average molecular weight is 398 g/mol. The predicted octanol–water partition coefficient (Wildman–Crippen LogP) is 3.50. The van der Waals surface area contributed by atoms with Crippen LogP contribution in [0.2, 0.25) is 0 Å². The van der Waals surface area contributed by atoms with Crippen molar-refractivity contribution in [1.82, 2.24) is 14.7 Å². The number of nitrogens with zero attached hydrogens (tertiary/aromatic N) is 3. The van der Waals surface area contributed by atoms with E-state index in [1.54, 1.807) is 11.8 Å². The first kappa shape index (κ1) is 21.1. The lowest BCUT2D eigenvalue weighted by atomic mass is 10.1. The lowest BCUT2D eigenvalue weighted by molar-refractivity contribution is -0.143. The van der Waals surface area contributed by atoms with E-state index >= 15 is 0 Å². The van der Waals surface area contributed by atoms with Crippen molar-refractivity contribution in [2.75, 3.05) is 6.54 Å². The van der Waals surface area contributed by atoms with Gasteiger partial charge in [0.15, 0.2) is 0 Å². The number of carbonyl (C=O) groups excluding carboxylic acids is 1. The van der Waals surface area contributed by atoms with Crippen molar-refractivity contribution in [1.29, 1.82) is 0 Å². The molecule has 29 heavy (non-hydrogen) atoms. The molecule has 1 heterocycles. The summed E-state index contributed by atoms with van der Waals surface area (Å²) in [5.74, 6) is -1.35. The molecule has 2 aromatic rings. The lowest BCUT2D eigenvalue weighted by Crippen LogP contribution is -2.38. The molecule has 6 nitrogen and oxygen atoms in total. The number of aromatic nitrogens is 2. The molecule has 1 amide bonds. The van der Waals surface area contributed by atoms with Gasteiger partial charge in [0.1, 0.15) is 0 Å². The van der Waals surface area contributed by atoms with E-state index in [0.29, 0.717) is 25.9 Å². The summed E-state index contributed by atoms with van der Waals surface area (Å²) in [6.07, 6.45) is 2.98. The van der Waals surface area contributed by atoms with E-state index in [1.807, 2.05) is 11.6 Å². The molecule has 0 spiro atoms. The molecule has 1 aromatic carbocycles. The zero-order valence-corrected chi connectivity index (χ0v) is 17.8. The SMILES string of the molecule is Cc1ccc(Cn2nc(C)c(CCC(=O)N(CC(C)C(=O)O)C3CC3)c2C)cc1. The van der Waals surface area contributed by atoms with Gasteiger partial charge in [-0.25, -0.2) is 0 Å². The third kappa shape index (κ3) is 5.25. The third-order valence-electron chi connectivity index (χ3n) is 5.77. The van der Waals surface area contributed by atoms with E-state index < -0.39 is 11.9 Å². The number of rotatable bonds is 9. The number of aliphatic carboxylic acids is 1. The standard InChI is InChI=1S/C23H31N3O3/c1-15-5-7-19(8-6-15)14-26-18(4)21(17(3)24-26)11-12-22(27)25(20-9-10-20)13-16(2)23(28)29/h5-8,16,20H,9-14H2,1-4H3,(H,28,29). The van der Waals surface area contributed by atoms with Crippen molar-refractivity contribution < 1.29 is 14.7 Å². The molecule has 1 fully saturated rings. The van der Waals surface area contributed by atoms with E-state index in [0.717, 1.165) is 29.8 Å². The molecule has 1 aromatic heterocycles. The van der Waals surface area contributed by atoms with Gasteiger partial charge in [-0.1, -0.05) is 36.8 Å². The largest absolute Gasteiger partial charge is 0.481 e. The summed E-state index contributed by atoms with van der Waals surface area (Å²) in [7, 11) is 0. The van der Waals surface area contributed by atoms with Crippen molar-refractivity contribution in [3.05, 3.63) is 52.3 Å². The maximum atomic E-state index is 12.8. The Kier molecular flexibility index (Phi) is 6.40. The maximum Gasteiger partial charge on any atom is 0.308 e. The Bertz CT molecular complexity index is 882. The van der Waals surface area contributed by atoms with E-state index in [1.165, 1.54) is 11.1 Å². The van der Waals surface area contributed by atoms with Crippen LogP contribution in [-0.4, -0.2) is 44.3 Å². The number of amides is 1. The van der Waals surface area contributed by atoms with Crippen LogP contribution < -0.4 is 0 Å². The molecular formula is C23H31N3O3. The highest BCUT2D eigenvalue weighted by Crippen LogP contribution is 2.29. The number of carboxylic acids is 1. The van der Waals surface area contributed by atoms with Gasteiger partial charge in [-0.2, -0.15) is 5.10 Å². The molecule has 1 unspecified atom stereocenters. The Labute approximate surface area is 172 Å². The molecule has 0 aliphatic heterocycles. The average Bonchev–Trinajstić information content (AvgIpc) is 3.47. The lowest BCUT2D eigenvalue weighted by Gasteiger charge is -2.24. The summed E-state index contributed by atoms with van der Waals surface area (Å²) < 4.78 is 2.00. The highest BCUT2D eigenvalue weighted by Gasteiger charge is 2.34. The van der Waals surface area contributed by atoms with Crippen molar-refractivity contribution in [3.8, 4) is 0 Å². The minimum Gasteiger partial charge on any atom is -0.481 e. The quantitative estimate of drug-likeness (QED) is 0.703. The Morgan fingerprint density at radius 1 is 1.21 bits per heavy atom. The second-order valence-electron chi connectivity index (χ2n) is 8.31. The summed E-state index contributed by atoms with van der Waals surface area (Å²) >= 11 is 0. The Morgan fingerprint density at radius 2 is 1.86 bits per heavy atom. The fourth-order valence-corrected chi connectivity index (χ4v) is 3.71. The van der Waals surface area contributed by atoms with Crippen molar-refractivity contribution in [2.24, 2.45) is 5.92 Å². The molecule has 1 aliphatic rings. The molecule has 3 rings (SSSR count). The molecule has 1 atom stereocenters. The smallest absolute Gasteiger partial charge is 0.308 e. The molecule has 1 saturated carbocycles. The summed E-state index contributed by atoms with van der Waals surface area (Å²) in [5.41, 5.74) is 5.60. The number of carboxylic acid groups (broad SMARTS) is 1. The first-order chi connectivity index (χ1) is 13.8. The highest BCUT2D eigenvalue weighted by molar-refractivity contribution is 5.78. The number of hydrogen-bond donors (Lipinski definition) is 1. The fraction of sp³-hybridized carbons (Fsp3) is 0.522. The zero-order valence-electron chi connectivity index (χ0n) is 17.8. The van der Waals surface area contributed by atoms with Crippen molar-refractivity contribution >= 4 is 11.9 Å². The number of hydrogen-bond acceptors (Lipinski definition) is 3. The molecule has 0 bridgehead atoms. The number of aryl methyl sites for hydroxylation is 2. The normalized spacial score (nSPS) is 14.6.